The minimum Gasteiger partial charge on any atom is -0.454 e. The molecule has 0 saturated carbocycles. The van der Waals surface area contributed by atoms with Crippen molar-refractivity contribution in [1.82, 2.24) is 4.31 Å². The smallest absolute Gasteiger partial charge is 0.416 e. The average molecular weight is 445 g/mol. The van der Waals surface area contributed by atoms with Crippen LogP contribution in [-0.4, -0.2) is 38.4 Å². The van der Waals surface area contributed by atoms with Crippen molar-refractivity contribution in [3.63, 3.8) is 0 Å². The van der Waals surface area contributed by atoms with Gasteiger partial charge in [0.25, 0.3) is 0 Å². The third-order valence-electron chi connectivity index (χ3n) is 4.87. The molecule has 5 nitrogen and oxygen atoms in total. The molecule has 4 rings (SSSR count). The number of ether oxygens (including phenoxy) is 2. The molecule has 0 aliphatic carbocycles. The van der Waals surface area contributed by atoms with Crippen LogP contribution in [0.25, 0.3) is 0 Å². The molecule has 0 amide bonds. The Morgan fingerprint density at radius 2 is 1.83 bits per heavy atom. The Labute approximate surface area is 170 Å². The van der Waals surface area contributed by atoms with Gasteiger partial charge in [0.2, 0.25) is 16.8 Å². The molecule has 0 bridgehead atoms. The SMILES string of the molecule is O=S(=O)(c1cccc(C(F)(F)F)c1)N1CCSC(c2ccc3c(c2)OCO3)CC1. The van der Waals surface area contributed by atoms with Gasteiger partial charge in [0.1, 0.15) is 0 Å². The Balaban J connectivity index is 1.52. The largest absolute Gasteiger partial charge is 0.454 e. The van der Waals surface area contributed by atoms with Gasteiger partial charge in [0, 0.05) is 24.1 Å². The van der Waals surface area contributed by atoms with Gasteiger partial charge >= 0.3 is 6.18 Å². The van der Waals surface area contributed by atoms with E-state index in [2.05, 4.69) is 0 Å². The maximum Gasteiger partial charge on any atom is 0.416 e. The summed E-state index contributed by atoms with van der Waals surface area (Å²) in [5.74, 6) is 1.89. The quantitative estimate of drug-likeness (QED) is 0.705. The zero-order chi connectivity index (χ0) is 20.6. The van der Waals surface area contributed by atoms with Gasteiger partial charge < -0.3 is 9.47 Å². The Morgan fingerprint density at radius 3 is 2.62 bits per heavy atom. The van der Waals surface area contributed by atoms with Gasteiger partial charge in [-0.3, -0.25) is 0 Å². The minimum atomic E-state index is -4.59. The van der Waals surface area contributed by atoms with Crippen molar-refractivity contribution in [2.75, 3.05) is 25.6 Å². The fourth-order valence-electron chi connectivity index (χ4n) is 3.35. The van der Waals surface area contributed by atoms with E-state index in [1.54, 1.807) is 11.8 Å². The van der Waals surface area contributed by atoms with Crippen molar-refractivity contribution in [3.8, 4) is 11.5 Å². The summed E-state index contributed by atoms with van der Waals surface area (Å²) in [5, 5.41) is 0.0613. The number of thioether (sulfide) groups is 1. The van der Waals surface area contributed by atoms with E-state index in [0.717, 1.165) is 17.7 Å². The van der Waals surface area contributed by atoms with Crippen LogP contribution in [0.5, 0.6) is 11.5 Å². The number of halogens is 3. The molecule has 156 valence electrons. The molecule has 1 saturated heterocycles. The number of hydrogen-bond donors (Lipinski definition) is 0. The summed E-state index contributed by atoms with van der Waals surface area (Å²) in [6.07, 6.45) is -4.05. The van der Waals surface area contributed by atoms with E-state index < -0.39 is 21.8 Å². The van der Waals surface area contributed by atoms with E-state index in [4.69, 9.17) is 9.47 Å². The highest BCUT2D eigenvalue weighted by Gasteiger charge is 2.34. The molecule has 2 aromatic carbocycles. The first-order valence-electron chi connectivity index (χ1n) is 8.94. The van der Waals surface area contributed by atoms with Crippen molar-refractivity contribution in [2.45, 2.75) is 22.7 Å². The highest BCUT2D eigenvalue weighted by Crippen LogP contribution is 2.41. The first-order chi connectivity index (χ1) is 13.7. The number of sulfonamides is 1. The Morgan fingerprint density at radius 1 is 1.03 bits per heavy atom. The van der Waals surface area contributed by atoms with Crippen LogP contribution in [0.1, 0.15) is 22.8 Å². The van der Waals surface area contributed by atoms with Crippen LogP contribution in [-0.2, 0) is 16.2 Å². The summed E-state index contributed by atoms with van der Waals surface area (Å²) in [6.45, 7) is 0.647. The summed E-state index contributed by atoms with van der Waals surface area (Å²) in [6, 6.07) is 9.56. The molecule has 0 spiro atoms. The van der Waals surface area contributed by atoms with Crippen LogP contribution in [0.15, 0.2) is 47.4 Å². The van der Waals surface area contributed by atoms with Gasteiger partial charge in [-0.2, -0.15) is 29.2 Å². The molecule has 0 N–H and O–H groups in total. The Bertz CT molecular complexity index is 1010. The van der Waals surface area contributed by atoms with Gasteiger partial charge in [0.15, 0.2) is 11.5 Å². The second-order valence-electron chi connectivity index (χ2n) is 6.69. The summed E-state index contributed by atoms with van der Waals surface area (Å²) in [7, 11) is -4.01. The highest BCUT2D eigenvalue weighted by molar-refractivity contribution is 7.99. The molecule has 0 aromatic heterocycles. The first kappa shape index (κ1) is 20.4. The molecule has 2 heterocycles. The number of fused-ring (bicyclic) bond motifs is 1. The van der Waals surface area contributed by atoms with Gasteiger partial charge in [-0.25, -0.2) is 8.42 Å². The van der Waals surface area contributed by atoms with E-state index in [-0.39, 0.29) is 30.0 Å². The molecule has 1 unspecified atom stereocenters. The normalized spacial score (nSPS) is 20.4. The summed E-state index contributed by atoms with van der Waals surface area (Å²) in [4.78, 5) is -0.334. The highest BCUT2D eigenvalue weighted by atomic mass is 32.2. The lowest BCUT2D eigenvalue weighted by Gasteiger charge is -2.20. The molecule has 1 fully saturated rings. The second kappa shape index (κ2) is 7.73. The molecule has 2 aromatic rings. The lowest BCUT2D eigenvalue weighted by atomic mass is 10.1. The topological polar surface area (TPSA) is 55.8 Å². The number of alkyl halides is 3. The lowest BCUT2D eigenvalue weighted by molar-refractivity contribution is -0.137. The van der Waals surface area contributed by atoms with Gasteiger partial charge in [-0.1, -0.05) is 12.1 Å². The molecule has 2 aliphatic rings. The van der Waals surface area contributed by atoms with Crippen molar-refractivity contribution >= 4 is 21.8 Å². The second-order valence-corrected chi connectivity index (χ2v) is 9.94. The fraction of sp³-hybridized carbons (Fsp3) is 0.368. The molecule has 10 heteroatoms. The third-order valence-corrected chi connectivity index (χ3v) is 8.09. The number of nitrogens with zero attached hydrogens (tertiary/aromatic N) is 1. The maximum atomic E-state index is 13.0. The van der Waals surface area contributed by atoms with E-state index in [9.17, 15) is 21.6 Å². The molecule has 0 radical (unpaired) electrons. The van der Waals surface area contributed by atoms with Crippen molar-refractivity contribution in [2.24, 2.45) is 0 Å². The zero-order valence-corrected chi connectivity index (χ0v) is 16.8. The van der Waals surface area contributed by atoms with Crippen molar-refractivity contribution in [3.05, 3.63) is 53.6 Å². The van der Waals surface area contributed by atoms with Crippen LogP contribution in [0.4, 0.5) is 13.2 Å². The number of benzene rings is 2. The molecule has 1 atom stereocenters. The van der Waals surface area contributed by atoms with Crippen LogP contribution >= 0.6 is 11.8 Å². The number of rotatable bonds is 3. The summed E-state index contributed by atoms with van der Waals surface area (Å²) in [5.41, 5.74) is 0.0403. The van der Waals surface area contributed by atoms with Gasteiger partial charge in [0.05, 0.1) is 10.5 Å². The van der Waals surface area contributed by atoms with Crippen LogP contribution in [0.3, 0.4) is 0 Å². The number of hydrogen-bond acceptors (Lipinski definition) is 5. The third kappa shape index (κ3) is 4.19. The van der Waals surface area contributed by atoms with Crippen LogP contribution in [0.2, 0.25) is 0 Å². The zero-order valence-electron chi connectivity index (χ0n) is 15.2. The van der Waals surface area contributed by atoms with E-state index in [0.29, 0.717) is 29.7 Å². The van der Waals surface area contributed by atoms with E-state index in [1.165, 1.54) is 10.4 Å². The van der Waals surface area contributed by atoms with Gasteiger partial charge in [-0.15, -0.1) is 0 Å². The monoisotopic (exact) mass is 445 g/mol. The fourth-order valence-corrected chi connectivity index (χ4v) is 6.19. The van der Waals surface area contributed by atoms with Crippen LogP contribution in [0, 0.1) is 0 Å². The summed E-state index contributed by atoms with van der Waals surface area (Å²) < 4.78 is 76.7. The van der Waals surface area contributed by atoms with Crippen LogP contribution < -0.4 is 9.47 Å². The standard InChI is InChI=1S/C19H18F3NO4S2/c20-19(21,22)14-2-1-3-15(11-14)29(24,25)23-7-6-18(28-9-8-23)13-4-5-16-17(10-13)27-12-26-16/h1-5,10-11,18H,6-9,12H2. The van der Waals surface area contributed by atoms with E-state index >= 15 is 0 Å². The minimum absolute atomic E-state index is 0.0613. The van der Waals surface area contributed by atoms with Crippen molar-refractivity contribution < 1.29 is 31.1 Å². The Hall–Kier alpha value is -1.91. The lowest BCUT2D eigenvalue weighted by Crippen LogP contribution is -2.33. The average Bonchev–Trinajstić information content (AvgIpc) is 3.01. The molecule has 2 aliphatic heterocycles. The Kier molecular flexibility index (Phi) is 5.43. The van der Waals surface area contributed by atoms with Crippen molar-refractivity contribution in [1.29, 1.82) is 0 Å². The molecular weight excluding hydrogens is 427 g/mol. The summed E-state index contributed by atoms with van der Waals surface area (Å²) >= 11 is 1.62. The predicted molar refractivity (Wildman–Crippen MR) is 103 cm³/mol. The molecular formula is C19H18F3NO4S2. The van der Waals surface area contributed by atoms with Gasteiger partial charge in [-0.05, 0) is 42.3 Å². The van der Waals surface area contributed by atoms with E-state index in [1.807, 2.05) is 18.2 Å². The predicted octanol–water partition coefficient (Wildman–Crippen LogP) is 4.30. The first-order valence-corrected chi connectivity index (χ1v) is 11.4. The molecule has 29 heavy (non-hydrogen) atoms. The maximum absolute atomic E-state index is 13.0.